The van der Waals surface area contributed by atoms with Gasteiger partial charge in [0.15, 0.2) is 0 Å². The Hall–Kier alpha value is -1.08. The maximum absolute atomic E-state index is 13.2. The highest BCUT2D eigenvalue weighted by Crippen LogP contribution is 2.25. The minimum atomic E-state index is -0.229. The van der Waals surface area contributed by atoms with E-state index in [-0.39, 0.29) is 11.9 Å². The zero-order valence-corrected chi connectivity index (χ0v) is 11.7. The van der Waals surface area contributed by atoms with Gasteiger partial charge in [-0.3, -0.25) is 0 Å². The second-order valence-electron chi connectivity index (χ2n) is 4.10. The summed E-state index contributed by atoms with van der Waals surface area (Å²) < 4.78 is 13.2. The molecule has 0 aliphatic heterocycles. The van der Waals surface area contributed by atoms with Crippen LogP contribution in [0.4, 0.5) is 10.1 Å². The number of halogens is 2. The molecule has 0 amide bonds. The number of anilines is 1. The van der Waals surface area contributed by atoms with Crippen LogP contribution in [0.5, 0.6) is 0 Å². The highest BCUT2D eigenvalue weighted by Gasteiger charge is 2.14. The van der Waals surface area contributed by atoms with Gasteiger partial charge in [-0.05, 0) is 37.6 Å². The molecule has 0 spiro atoms. The zero-order chi connectivity index (χ0) is 12.8. The Morgan fingerprint density at radius 3 is 2.71 bits per heavy atom. The third-order valence-electron chi connectivity index (χ3n) is 2.58. The van der Waals surface area contributed by atoms with Gasteiger partial charge in [0.2, 0.25) is 0 Å². The van der Waals surface area contributed by atoms with Crippen molar-refractivity contribution >= 4 is 21.6 Å². The van der Waals surface area contributed by atoms with Gasteiger partial charge in [-0.2, -0.15) is 5.26 Å². The Labute approximate surface area is 110 Å². The summed E-state index contributed by atoms with van der Waals surface area (Å²) in [4.78, 5) is 2.12. The van der Waals surface area contributed by atoms with E-state index in [1.165, 1.54) is 12.1 Å². The quantitative estimate of drug-likeness (QED) is 0.772. The minimum absolute atomic E-state index is 0.229. The molecule has 0 atom stereocenters. The number of nitriles is 1. The molecule has 0 aliphatic rings. The van der Waals surface area contributed by atoms with Crippen LogP contribution in [-0.2, 0) is 5.33 Å². The normalized spacial score (nSPS) is 10.4. The van der Waals surface area contributed by atoms with Crippen molar-refractivity contribution in [1.82, 2.24) is 0 Å². The SMILES string of the molecule is CC(C)N(CCC#N)c1ccc(F)cc1CBr. The molecular formula is C13H16BrFN2. The van der Waals surface area contributed by atoms with E-state index in [9.17, 15) is 4.39 Å². The Morgan fingerprint density at radius 1 is 1.47 bits per heavy atom. The summed E-state index contributed by atoms with van der Waals surface area (Å²) in [5.41, 5.74) is 1.91. The fourth-order valence-corrected chi connectivity index (χ4v) is 2.22. The second-order valence-corrected chi connectivity index (χ2v) is 4.66. The van der Waals surface area contributed by atoms with E-state index in [1.54, 1.807) is 6.07 Å². The molecule has 0 heterocycles. The van der Waals surface area contributed by atoms with Crippen LogP contribution in [-0.4, -0.2) is 12.6 Å². The lowest BCUT2D eigenvalue weighted by Gasteiger charge is -2.30. The molecule has 1 aromatic rings. The van der Waals surface area contributed by atoms with Crippen LogP contribution in [0.25, 0.3) is 0 Å². The average molecular weight is 299 g/mol. The van der Waals surface area contributed by atoms with Gasteiger partial charge in [0, 0.05) is 23.6 Å². The number of nitrogens with zero attached hydrogens (tertiary/aromatic N) is 2. The van der Waals surface area contributed by atoms with Gasteiger partial charge in [0.25, 0.3) is 0 Å². The van der Waals surface area contributed by atoms with Gasteiger partial charge < -0.3 is 4.90 Å². The summed E-state index contributed by atoms with van der Waals surface area (Å²) in [5, 5.41) is 9.28. The van der Waals surface area contributed by atoms with Crippen LogP contribution >= 0.6 is 15.9 Å². The molecule has 0 saturated carbocycles. The molecule has 0 saturated heterocycles. The molecule has 17 heavy (non-hydrogen) atoms. The van der Waals surface area contributed by atoms with Crippen molar-refractivity contribution in [2.75, 3.05) is 11.4 Å². The van der Waals surface area contributed by atoms with Crippen LogP contribution in [0.3, 0.4) is 0 Å². The van der Waals surface area contributed by atoms with Crippen molar-refractivity contribution in [3.05, 3.63) is 29.6 Å². The van der Waals surface area contributed by atoms with E-state index in [1.807, 2.05) is 0 Å². The maximum Gasteiger partial charge on any atom is 0.123 e. The molecule has 2 nitrogen and oxygen atoms in total. The molecule has 0 unspecified atom stereocenters. The van der Waals surface area contributed by atoms with Crippen molar-refractivity contribution < 1.29 is 4.39 Å². The number of alkyl halides is 1. The first-order valence-corrected chi connectivity index (χ1v) is 6.70. The molecule has 0 aliphatic carbocycles. The highest BCUT2D eigenvalue weighted by atomic mass is 79.9. The lowest BCUT2D eigenvalue weighted by Crippen LogP contribution is -2.32. The first kappa shape index (κ1) is 14.0. The van der Waals surface area contributed by atoms with Crippen LogP contribution in [0, 0.1) is 17.1 Å². The van der Waals surface area contributed by atoms with Crippen molar-refractivity contribution in [3.8, 4) is 6.07 Å². The van der Waals surface area contributed by atoms with E-state index in [0.717, 1.165) is 11.3 Å². The summed E-state index contributed by atoms with van der Waals surface area (Å²) in [5.74, 6) is -0.229. The molecule has 0 bridgehead atoms. The van der Waals surface area contributed by atoms with Crippen molar-refractivity contribution in [3.63, 3.8) is 0 Å². The Bertz CT molecular complexity index is 412. The summed E-state index contributed by atoms with van der Waals surface area (Å²) in [6.07, 6.45) is 0.470. The summed E-state index contributed by atoms with van der Waals surface area (Å²) >= 11 is 3.37. The van der Waals surface area contributed by atoms with Gasteiger partial charge in [0.05, 0.1) is 12.5 Å². The standard InChI is InChI=1S/C13H16BrFN2/c1-10(2)17(7-3-6-16)13-5-4-12(15)8-11(13)9-14/h4-5,8,10H,3,7,9H2,1-2H3. The summed E-state index contributed by atoms with van der Waals surface area (Å²) in [6.45, 7) is 4.80. The smallest absolute Gasteiger partial charge is 0.123 e. The van der Waals surface area contributed by atoms with Crippen LogP contribution in [0.15, 0.2) is 18.2 Å². The number of benzene rings is 1. The highest BCUT2D eigenvalue weighted by molar-refractivity contribution is 9.08. The van der Waals surface area contributed by atoms with Crippen LogP contribution < -0.4 is 4.90 Å². The first-order chi connectivity index (χ1) is 8.10. The molecule has 0 fully saturated rings. The van der Waals surface area contributed by atoms with Gasteiger partial charge in [-0.1, -0.05) is 15.9 Å². The Morgan fingerprint density at radius 2 is 2.18 bits per heavy atom. The van der Waals surface area contributed by atoms with Crippen molar-refractivity contribution in [2.45, 2.75) is 31.6 Å². The van der Waals surface area contributed by atoms with Gasteiger partial charge in [0.1, 0.15) is 5.82 Å². The number of hydrogen-bond acceptors (Lipinski definition) is 2. The number of rotatable bonds is 5. The van der Waals surface area contributed by atoms with Crippen LogP contribution in [0.2, 0.25) is 0 Å². The van der Waals surface area contributed by atoms with E-state index < -0.39 is 0 Å². The Balaban J connectivity index is 3.05. The molecule has 0 N–H and O–H groups in total. The molecular weight excluding hydrogens is 283 g/mol. The molecule has 0 aromatic heterocycles. The average Bonchev–Trinajstić information content (AvgIpc) is 2.30. The van der Waals surface area contributed by atoms with Gasteiger partial charge in [-0.25, -0.2) is 4.39 Å². The largest absolute Gasteiger partial charge is 0.368 e. The predicted molar refractivity (Wildman–Crippen MR) is 71.7 cm³/mol. The molecule has 92 valence electrons. The third kappa shape index (κ3) is 3.71. The fraction of sp³-hybridized carbons (Fsp3) is 0.462. The van der Waals surface area contributed by atoms with E-state index in [0.29, 0.717) is 18.3 Å². The van der Waals surface area contributed by atoms with E-state index in [4.69, 9.17) is 5.26 Å². The van der Waals surface area contributed by atoms with E-state index >= 15 is 0 Å². The molecule has 4 heteroatoms. The predicted octanol–water partition coefficient (Wildman–Crippen LogP) is 3.85. The molecule has 1 aromatic carbocycles. The Kier molecular flexibility index (Phi) is 5.43. The fourth-order valence-electron chi connectivity index (χ4n) is 1.77. The first-order valence-electron chi connectivity index (χ1n) is 5.58. The third-order valence-corrected chi connectivity index (χ3v) is 3.19. The topological polar surface area (TPSA) is 27.0 Å². The zero-order valence-electron chi connectivity index (χ0n) is 10.1. The van der Waals surface area contributed by atoms with E-state index in [2.05, 4.69) is 40.7 Å². The summed E-state index contributed by atoms with van der Waals surface area (Å²) in [6, 6.07) is 7.20. The minimum Gasteiger partial charge on any atom is -0.368 e. The van der Waals surface area contributed by atoms with Crippen molar-refractivity contribution in [1.29, 1.82) is 5.26 Å². The molecule has 1 rings (SSSR count). The summed E-state index contributed by atoms with van der Waals surface area (Å²) in [7, 11) is 0. The van der Waals surface area contributed by atoms with Crippen LogP contribution in [0.1, 0.15) is 25.8 Å². The van der Waals surface area contributed by atoms with Gasteiger partial charge >= 0.3 is 0 Å². The van der Waals surface area contributed by atoms with Crippen molar-refractivity contribution in [2.24, 2.45) is 0 Å². The lowest BCUT2D eigenvalue weighted by molar-refractivity contribution is 0.624. The number of hydrogen-bond donors (Lipinski definition) is 0. The maximum atomic E-state index is 13.2. The van der Waals surface area contributed by atoms with Gasteiger partial charge in [-0.15, -0.1) is 0 Å². The monoisotopic (exact) mass is 298 g/mol. The lowest BCUT2D eigenvalue weighted by atomic mass is 10.1. The molecule has 0 radical (unpaired) electrons. The second kappa shape index (κ2) is 6.61.